The molecule has 1 fully saturated rings. The van der Waals surface area contributed by atoms with Gasteiger partial charge in [-0.25, -0.2) is 0 Å². The Bertz CT molecular complexity index is 793. The lowest BCUT2D eigenvalue weighted by Crippen LogP contribution is -2.23. The molecule has 6 heteroatoms. The summed E-state index contributed by atoms with van der Waals surface area (Å²) in [7, 11) is 2.05. The maximum atomic E-state index is 5.71. The van der Waals surface area contributed by atoms with E-state index in [4.69, 9.17) is 5.73 Å². The molecule has 182 valence electrons. The summed E-state index contributed by atoms with van der Waals surface area (Å²) in [5.74, 6) is 0.463. The lowest BCUT2D eigenvalue weighted by Gasteiger charge is -2.14. The first-order valence-corrected chi connectivity index (χ1v) is 12.1. The van der Waals surface area contributed by atoms with Gasteiger partial charge in [-0.2, -0.15) is 5.10 Å². The molecule has 1 rings (SSSR count). The highest BCUT2D eigenvalue weighted by Crippen LogP contribution is 2.23. The predicted molar refractivity (Wildman–Crippen MR) is 146 cm³/mol. The van der Waals surface area contributed by atoms with Gasteiger partial charge in [-0.3, -0.25) is 4.99 Å². The largest absolute Gasteiger partial charge is 0.405 e. The van der Waals surface area contributed by atoms with Gasteiger partial charge >= 0.3 is 0 Å². The average molecular weight is 453 g/mol. The molecule has 1 aliphatic rings. The van der Waals surface area contributed by atoms with Crippen LogP contribution >= 0.6 is 0 Å². The van der Waals surface area contributed by atoms with E-state index in [0.29, 0.717) is 12.0 Å². The van der Waals surface area contributed by atoms with Crippen molar-refractivity contribution < 1.29 is 0 Å². The first kappa shape index (κ1) is 28.1. The van der Waals surface area contributed by atoms with E-state index in [1.165, 1.54) is 12.8 Å². The predicted octanol–water partition coefficient (Wildman–Crippen LogP) is 5.73. The van der Waals surface area contributed by atoms with Gasteiger partial charge < -0.3 is 16.0 Å². The number of hydrogen-bond donors (Lipinski definition) is 2. The van der Waals surface area contributed by atoms with Crippen LogP contribution in [0.2, 0.25) is 0 Å². The highest BCUT2D eigenvalue weighted by Gasteiger charge is 2.24. The zero-order valence-electron chi connectivity index (χ0n) is 21.4. The van der Waals surface area contributed by atoms with E-state index in [-0.39, 0.29) is 6.04 Å². The Balaban J connectivity index is 2.63. The van der Waals surface area contributed by atoms with Crippen molar-refractivity contribution in [1.82, 2.24) is 10.2 Å². The Hall–Kier alpha value is -2.89. The van der Waals surface area contributed by atoms with Gasteiger partial charge in [0.05, 0.1) is 0 Å². The molecule has 2 unspecified atom stereocenters. The Morgan fingerprint density at radius 2 is 1.91 bits per heavy atom. The van der Waals surface area contributed by atoms with Crippen molar-refractivity contribution >= 4 is 18.8 Å². The number of hydrogen-bond acceptors (Lipinski definition) is 5. The minimum Gasteiger partial charge on any atom is -0.405 e. The van der Waals surface area contributed by atoms with E-state index in [0.717, 1.165) is 36.1 Å². The summed E-state index contributed by atoms with van der Waals surface area (Å²) >= 11 is 0. The van der Waals surface area contributed by atoms with Gasteiger partial charge in [-0.05, 0) is 75.8 Å². The lowest BCUT2D eigenvalue weighted by molar-refractivity contribution is 0.509. The molecule has 0 radical (unpaired) electrons. The summed E-state index contributed by atoms with van der Waals surface area (Å²) in [6, 6.07) is 0.939. The van der Waals surface area contributed by atoms with Crippen molar-refractivity contribution in [2.24, 2.45) is 26.8 Å². The summed E-state index contributed by atoms with van der Waals surface area (Å²) in [5, 5.41) is 11.7. The topological polar surface area (TPSA) is 78.4 Å². The fraction of sp³-hybridized carbons (Fsp3) is 0.519. The second-order valence-electron chi connectivity index (χ2n) is 8.62. The molecule has 0 aromatic carbocycles. The van der Waals surface area contributed by atoms with Gasteiger partial charge in [0.15, 0.2) is 0 Å². The summed E-state index contributed by atoms with van der Waals surface area (Å²) in [6.07, 6.45) is 24.6. The molecule has 1 aliphatic carbocycles. The van der Waals surface area contributed by atoms with Crippen LogP contribution in [0.25, 0.3) is 0 Å². The third kappa shape index (κ3) is 13.3. The molecule has 33 heavy (non-hydrogen) atoms. The molecule has 6 nitrogen and oxygen atoms in total. The maximum Gasteiger partial charge on any atom is 0.114 e. The summed E-state index contributed by atoms with van der Waals surface area (Å²) in [6.45, 7) is 10.6. The molecule has 0 aliphatic heterocycles. The van der Waals surface area contributed by atoms with Crippen LogP contribution in [0.1, 0.15) is 66.7 Å². The van der Waals surface area contributed by atoms with Gasteiger partial charge in [0, 0.05) is 49.9 Å². The molecule has 0 amide bonds. The van der Waals surface area contributed by atoms with E-state index < -0.39 is 0 Å². The van der Waals surface area contributed by atoms with Gasteiger partial charge in [-0.15, -0.1) is 5.10 Å². The number of allylic oxidation sites excluding steroid dienone is 7. The van der Waals surface area contributed by atoms with Crippen LogP contribution in [0, 0.1) is 5.92 Å². The molecular formula is C27H44N6. The second kappa shape index (κ2) is 16.7. The van der Waals surface area contributed by atoms with Crippen LogP contribution in [0.4, 0.5) is 0 Å². The first-order chi connectivity index (χ1) is 15.9. The van der Waals surface area contributed by atoms with Crippen molar-refractivity contribution in [3.8, 4) is 0 Å². The lowest BCUT2D eigenvalue weighted by atomic mass is 10.0. The zero-order chi connectivity index (χ0) is 24.5. The van der Waals surface area contributed by atoms with Crippen LogP contribution in [0.5, 0.6) is 0 Å². The molecule has 0 heterocycles. The molecular weight excluding hydrogens is 408 g/mol. The third-order valence-corrected chi connectivity index (χ3v) is 5.35. The van der Waals surface area contributed by atoms with Crippen LogP contribution in [0.15, 0.2) is 74.8 Å². The van der Waals surface area contributed by atoms with Crippen molar-refractivity contribution in [3.05, 3.63) is 59.6 Å². The van der Waals surface area contributed by atoms with E-state index >= 15 is 0 Å². The normalized spacial score (nSPS) is 18.4. The Morgan fingerprint density at radius 1 is 1.15 bits per heavy atom. The SMILES string of the molecule is C\C=C/C(=C\N=CC(C)CC)C(/C=C\N)=C/CC(C)N/C(C)=C/C/C=N/N=C\N(C)C1CC1. The second-order valence-corrected chi connectivity index (χ2v) is 8.62. The highest BCUT2D eigenvalue weighted by molar-refractivity contribution is 5.62. The molecule has 0 aromatic rings. The molecule has 1 saturated carbocycles. The fourth-order valence-electron chi connectivity index (χ4n) is 2.98. The van der Waals surface area contributed by atoms with Gasteiger partial charge in [-0.1, -0.05) is 38.2 Å². The molecule has 0 saturated heterocycles. The Kier molecular flexibility index (Phi) is 14.2. The van der Waals surface area contributed by atoms with Crippen LogP contribution in [-0.2, 0) is 0 Å². The standard InChI is InChI=1S/C27H44N6/c1-7-10-26(20-29-19-22(3)8-2)25(16-17-28)13-12-24(5)32-23(4)11-9-18-30-31-21-33(6)27-14-15-27/h7,10-11,13,16-22,24,27,32H,8-9,12,14-15,28H2,1-6H3/b10-7-,17-16-,23-11+,25-13+,26-20+,29-19?,30-18+,31-21-. The number of rotatable bonds is 15. The van der Waals surface area contributed by atoms with Crippen LogP contribution in [0.3, 0.4) is 0 Å². The van der Waals surface area contributed by atoms with E-state index in [1.807, 2.05) is 44.8 Å². The summed E-state index contributed by atoms with van der Waals surface area (Å²) in [4.78, 5) is 6.64. The number of nitrogens with one attached hydrogen (secondary N) is 1. The van der Waals surface area contributed by atoms with E-state index in [1.54, 1.807) is 12.5 Å². The van der Waals surface area contributed by atoms with Crippen LogP contribution in [-0.4, -0.2) is 42.8 Å². The number of nitrogens with two attached hydrogens (primary N) is 1. The van der Waals surface area contributed by atoms with Crippen molar-refractivity contribution in [3.63, 3.8) is 0 Å². The minimum atomic E-state index is 0.278. The zero-order valence-corrected chi connectivity index (χ0v) is 21.4. The Labute approximate surface area is 201 Å². The van der Waals surface area contributed by atoms with E-state index in [2.05, 4.69) is 71.3 Å². The minimum absolute atomic E-state index is 0.278. The maximum absolute atomic E-state index is 5.71. The van der Waals surface area contributed by atoms with E-state index in [9.17, 15) is 0 Å². The van der Waals surface area contributed by atoms with Crippen molar-refractivity contribution in [2.45, 2.75) is 78.8 Å². The van der Waals surface area contributed by atoms with Gasteiger partial charge in [0.25, 0.3) is 0 Å². The third-order valence-electron chi connectivity index (χ3n) is 5.35. The number of nitrogens with zero attached hydrogens (tertiary/aromatic N) is 4. The molecule has 3 N–H and O–H groups in total. The smallest absolute Gasteiger partial charge is 0.114 e. The van der Waals surface area contributed by atoms with Crippen molar-refractivity contribution in [1.29, 1.82) is 0 Å². The molecule has 2 atom stereocenters. The highest BCUT2D eigenvalue weighted by atomic mass is 15.3. The van der Waals surface area contributed by atoms with Crippen LogP contribution < -0.4 is 11.1 Å². The fourth-order valence-corrected chi connectivity index (χ4v) is 2.98. The Morgan fingerprint density at radius 3 is 2.55 bits per heavy atom. The number of aliphatic imine (C=N–C) groups is 1. The van der Waals surface area contributed by atoms with Gasteiger partial charge in [0.1, 0.15) is 6.34 Å². The van der Waals surface area contributed by atoms with Gasteiger partial charge in [0.2, 0.25) is 0 Å². The summed E-state index contributed by atoms with van der Waals surface area (Å²) in [5.41, 5.74) is 8.94. The molecule has 0 spiro atoms. The van der Waals surface area contributed by atoms with Crippen molar-refractivity contribution in [2.75, 3.05) is 7.05 Å². The average Bonchev–Trinajstić information content (AvgIpc) is 3.63. The monoisotopic (exact) mass is 452 g/mol. The first-order valence-electron chi connectivity index (χ1n) is 12.1. The molecule has 0 aromatic heterocycles. The molecule has 0 bridgehead atoms. The summed E-state index contributed by atoms with van der Waals surface area (Å²) < 4.78 is 0. The quantitative estimate of drug-likeness (QED) is 0.144.